The molecule has 0 bridgehead atoms. The van der Waals surface area contributed by atoms with Crippen LogP contribution in [0.15, 0.2) is 24.3 Å². The molecule has 2 fully saturated rings. The highest BCUT2D eigenvalue weighted by Gasteiger charge is 2.32. The average Bonchev–Trinajstić information content (AvgIpc) is 3.38. The second-order valence-corrected chi connectivity index (χ2v) is 6.04. The van der Waals surface area contributed by atoms with E-state index >= 15 is 0 Å². The standard InChI is InChI=1S/C17H24N2O2/c1-21-16-5-3-2-4-13(16)12-19(15-8-9-15)17(20)10-11-18-14-6-7-14/h2-5,14-15,18H,6-12H2,1H3. The predicted octanol–water partition coefficient (Wildman–Crippen LogP) is 2.33. The number of carbonyl (C=O) groups excluding carboxylic acids is 1. The van der Waals surface area contributed by atoms with Crippen LogP contribution in [-0.2, 0) is 11.3 Å². The normalized spacial score (nSPS) is 17.6. The molecule has 2 aliphatic carbocycles. The zero-order valence-electron chi connectivity index (χ0n) is 12.7. The van der Waals surface area contributed by atoms with Crippen molar-refractivity contribution in [1.29, 1.82) is 0 Å². The van der Waals surface area contributed by atoms with Gasteiger partial charge < -0.3 is 15.0 Å². The average molecular weight is 288 g/mol. The van der Waals surface area contributed by atoms with Crippen molar-refractivity contribution in [3.05, 3.63) is 29.8 Å². The molecule has 4 nitrogen and oxygen atoms in total. The van der Waals surface area contributed by atoms with Crippen LogP contribution in [0.5, 0.6) is 5.75 Å². The minimum absolute atomic E-state index is 0.261. The summed E-state index contributed by atoms with van der Waals surface area (Å²) in [7, 11) is 1.68. The Morgan fingerprint density at radius 2 is 2.05 bits per heavy atom. The van der Waals surface area contributed by atoms with Crippen LogP contribution in [0, 0.1) is 0 Å². The number of rotatable bonds is 8. The maximum Gasteiger partial charge on any atom is 0.224 e. The number of para-hydroxylation sites is 1. The summed E-state index contributed by atoms with van der Waals surface area (Å²) >= 11 is 0. The molecule has 1 aromatic rings. The number of methoxy groups -OCH3 is 1. The summed E-state index contributed by atoms with van der Waals surface area (Å²) in [5.41, 5.74) is 1.09. The van der Waals surface area contributed by atoms with Gasteiger partial charge in [0.15, 0.2) is 0 Å². The van der Waals surface area contributed by atoms with Crippen LogP contribution in [0.25, 0.3) is 0 Å². The van der Waals surface area contributed by atoms with Crippen LogP contribution < -0.4 is 10.1 Å². The van der Waals surface area contributed by atoms with E-state index in [1.165, 1.54) is 12.8 Å². The molecule has 0 aromatic heterocycles. The molecule has 2 aliphatic rings. The van der Waals surface area contributed by atoms with Crippen molar-refractivity contribution in [2.24, 2.45) is 0 Å². The Morgan fingerprint density at radius 1 is 1.29 bits per heavy atom. The van der Waals surface area contributed by atoms with Crippen molar-refractivity contribution in [3.63, 3.8) is 0 Å². The highest BCUT2D eigenvalue weighted by atomic mass is 16.5. The van der Waals surface area contributed by atoms with Gasteiger partial charge in [-0.05, 0) is 31.7 Å². The molecule has 0 radical (unpaired) electrons. The zero-order chi connectivity index (χ0) is 14.7. The number of hydrogen-bond donors (Lipinski definition) is 1. The summed E-state index contributed by atoms with van der Waals surface area (Å²) in [5, 5.41) is 3.42. The van der Waals surface area contributed by atoms with E-state index in [1.807, 2.05) is 29.2 Å². The Balaban J connectivity index is 1.59. The number of amides is 1. The fraction of sp³-hybridized carbons (Fsp3) is 0.588. The van der Waals surface area contributed by atoms with Crippen LogP contribution in [0.3, 0.4) is 0 Å². The Bertz CT molecular complexity index is 495. The number of benzene rings is 1. The smallest absolute Gasteiger partial charge is 0.224 e. The molecule has 1 aromatic carbocycles. The molecule has 0 heterocycles. The van der Waals surface area contributed by atoms with Crippen molar-refractivity contribution in [2.75, 3.05) is 13.7 Å². The van der Waals surface area contributed by atoms with Gasteiger partial charge in [0, 0.05) is 37.2 Å². The summed E-state index contributed by atoms with van der Waals surface area (Å²) in [5.74, 6) is 1.13. The monoisotopic (exact) mass is 288 g/mol. The lowest BCUT2D eigenvalue weighted by Crippen LogP contribution is -2.35. The van der Waals surface area contributed by atoms with Crippen LogP contribution in [0.4, 0.5) is 0 Å². The van der Waals surface area contributed by atoms with Gasteiger partial charge in [-0.25, -0.2) is 0 Å². The molecule has 1 amide bonds. The molecule has 0 saturated heterocycles. The van der Waals surface area contributed by atoms with Gasteiger partial charge in [-0.3, -0.25) is 4.79 Å². The van der Waals surface area contributed by atoms with Gasteiger partial charge in [-0.15, -0.1) is 0 Å². The third-order valence-corrected chi connectivity index (χ3v) is 4.19. The molecular weight excluding hydrogens is 264 g/mol. The van der Waals surface area contributed by atoms with E-state index in [0.717, 1.165) is 30.7 Å². The Morgan fingerprint density at radius 3 is 2.71 bits per heavy atom. The fourth-order valence-corrected chi connectivity index (χ4v) is 2.64. The third kappa shape index (κ3) is 3.97. The molecular formula is C17H24N2O2. The van der Waals surface area contributed by atoms with Crippen molar-refractivity contribution in [1.82, 2.24) is 10.2 Å². The highest BCUT2D eigenvalue weighted by molar-refractivity contribution is 5.77. The van der Waals surface area contributed by atoms with E-state index in [-0.39, 0.29) is 5.91 Å². The number of hydrogen-bond acceptors (Lipinski definition) is 3. The fourth-order valence-electron chi connectivity index (χ4n) is 2.64. The van der Waals surface area contributed by atoms with Crippen molar-refractivity contribution >= 4 is 5.91 Å². The first-order chi connectivity index (χ1) is 10.3. The van der Waals surface area contributed by atoms with Gasteiger partial charge in [0.25, 0.3) is 0 Å². The second-order valence-electron chi connectivity index (χ2n) is 6.04. The summed E-state index contributed by atoms with van der Waals surface area (Å²) in [6.07, 6.45) is 5.40. The number of ether oxygens (including phenoxy) is 1. The summed E-state index contributed by atoms with van der Waals surface area (Å²) in [6, 6.07) is 9.07. The van der Waals surface area contributed by atoms with Crippen LogP contribution in [0.1, 0.15) is 37.7 Å². The zero-order valence-corrected chi connectivity index (χ0v) is 12.7. The lowest BCUT2D eigenvalue weighted by Gasteiger charge is -2.23. The molecule has 2 saturated carbocycles. The van der Waals surface area contributed by atoms with E-state index in [2.05, 4.69) is 5.32 Å². The maximum absolute atomic E-state index is 12.5. The topological polar surface area (TPSA) is 41.6 Å². The summed E-state index contributed by atoms with van der Waals surface area (Å²) in [4.78, 5) is 14.5. The number of carbonyl (C=O) groups is 1. The Labute approximate surface area is 126 Å². The molecule has 3 rings (SSSR count). The molecule has 0 unspecified atom stereocenters. The third-order valence-electron chi connectivity index (χ3n) is 4.19. The molecule has 4 heteroatoms. The van der Waals surface area contributed by atoms with Gasteiger partial charge in [-0.1, -0.05) is 18.2 Å². The first kappa shape index (κ1) is 14.4. The van der Waals surface area contributed by atoms with E-state index in [1.54, 1.807) is 7.11 Å². The maximum atomic E-state index is 12.5. The van der Waals surface area contributed by atoms with Gasteiger partial charge in [-0.2, -0.15) is 0 Å². The van der Waals surface area contributed by atoms with Crippen LogP contribution >= 0.6 is 0 Å². The first-order valence-corrected chi connectivity index (χ1v) is 7.92. The molecule has 0 aliphatic heterocycles. The molecule has 114 valence electrons. The van der Waals surface area contributed by atoms with E-state index in [4.69, 9.17) is 4.74 Å². The largest absolute Gasteiger partial charge is 0.496 e. The van der Waals surface area contributed by atoms with Crippen LogP contribution in [-0.4, -0.2) is 36.5 Å². The van der Waals surface area contributed by atoms with Crippen molar-refractivity contribution in [3.8, 4) is 5.75 Å². The molecule has 21 heavy (non-hydrogen) atoms. The number of nitrogens with zero attached hydrogens (tertiary/aromatic N) is 1. The number of nitrogens with one attached hydrogen (secondary N) is 1. The van der Waals surface area contributed by atoms with Gasteiger partial charge in [0.2, 0.25) is 5.91 Å². The van der Waals surface area contributed by atoms with Gasteiger partial charge >= 0.3 is 0 Å². The van der Waals surface area contributed by atoms with Crippen LogP contribution in [0.2, 0.25) is 0 Å². The van der Waals surface area contributed by atoms with E-state index in [9.17, 15) is 4.79 Å². The summed E-state index contributed by atoms with van der Waals surface area (Å²) < 4.78 is 5.40. The second kappa shape index (κ2) is 6.48. The molecule has 1 N–H and O–H groups in total. The minimum Gasteiger partial charge on any atom is -0.496 e. The Hall–Kier alpha value is -1.55. The highest BCUT2D eigenvalue weighted by Crippen LogP contribution is 2.30. The van der Waals surface area contributed by atoms with E-state index in [0.29, 0.717) is 25.0 Å². The van der Waals surface area contributed by atoms with E-state index < -0.39 is 0 Å². The van der Waals surface area contributed by atoms with Crippen molar-refractivity contribution < 1.29 is 9.53 Å². The first-order valence-electron chi connectivity index (χ1n) is 7.92. The molecule has 0 atom stereocenters. The SMILES string of the molecule is COc1ccccc1CN(C(=O)CCNC1CC1)C1CC1. The van der Waals surface area contributed by atoms with Crippen molar-refractivity contribution in [2.45, 2.75) is 50.7 Å². The lowest BCUT2D eigenvalue weighted by molar-refractivity contribution is -0.132. The quantitative estimate of drug-likeness (QED) is 0.798. The lowest BCUT2D eigenvalue weighted by atomic mass is 10.1. The Kier molecular flexibility index (Phi) is 4.44. The summed E-state index contributed by atoms with van der Waals surface area (Å²) in [6.45, 7) is 1.47. The molecule has 0 spiro atoms. The minimum atomic E-state index is 0.261. The van der Waals surface area contributed by atoms with Gasteiger partial charge in [0.05, 0.1) is 7.11 Å². The predicted molar refractivity (Wildman–Crippen MR) is 82.2 cm³/mol. The van der Waals surface area contributed by atoms with Gasteiger partial charge in [0.1, 0.15) is 5.75 Å².